The lowest BCUT2D eigenvalue weighted by Crippen LogP contribution is -2.17. The van der Waals surface area contributed by atoms with Crippen LogP contribution in [0.4, 0.5) is 5.69 Å². The van der Waals surface area contributed by atoms with E-state index in [1.54, 1.807) is 25.2 Å². The van der Waals surface area contributed by atoms with Crippen LogP contribution in [0.3, 0.4) is 0 Å². The van der Waals surface area contributed by atoms with Gasteiger partial charge in [-0.2, -0.15) is 0 Å². The van der Waals surface area contributed by atoms with E-state index in [2.05, 4.69) is 10.6 Å². The van der Waals surface area contributed by atoms with Crippen molar-refractivity contribution in [2.45, 2.75) is 13.0 Å². The van der Waals surface area contributed by atoms with E-state index >= 15 is 0 Å². The van der Waals surface area contributed by atoms with Crippen LogP contribution >= 0.6 is 23.2 Å². The van der Waals surface area contributed by atoms with Gasteiger partial charge in [0.2, 0.25) is 0 Å². The SMILES string of the molecule is CNC(=O)c1ccc(NC(C)c2cccc(Cl)c2Cl)cc1. The van der Waals surface area contributed by atoms with E-state index < -0.39 is 0 Å². The van der Waals surface area contributed by atoms with Crippen LogP contribution in [0.1, 0.15) is 28.9 Å². The third-order valence-corrected chi connectivity index (χ3v) is 4.04. The number of amides is 1. The number of anilines is 1. The Labute approximate surface area is 134 Å². The second-order valence-corrected chi connectivity index (χ2v) is 5.45. The predicted octanol–water partition coefficient (Wildman–Crippen LogP) is 4.53. The molecule has 0 aromatic heterocycles. The zero-order chi connectivity index (χ0) is 15.4. The second-order valence-electron chi connectivity index (χ2n) is 4.67. The van der Waals surface area contributed by atoms with Crippen LogP contribution in [0.15, 0.2) is 42.5 Å². The molecule has 2 aromatic carbocycles. The standard InChI is InChI=1S/C16H16Cl2N2O/c1-10(13-4-3-5-14(17)15(13)18)20-12-8-6-11(7-9-12)16(21)19-2/h3-10,20H,1-2H3,(H,19,21). The number of halogens is 2. The Morgan fingerprint density at radius 2 is 1.76 bits per heavy atom. The number of hydrogen-bond acceptors (Lipinski definition) is 2. The summed E-state index contributed by atoms with van der Waals surface area (Å²) in [7, 11) is 1.61. The van der Waals surface area contributed by atoms with Crippen molar-refractivity contribution in [2.75, 3.05) is 12.4 Å². The molecule has 0 saturated heterocycles. The summed E-state index contributed by atoms with van der Waals surface area (Å²) in [4.78, 5) is 11.5. The molecule has 1 atom stereocenters. The zero-order valence-electron chi connectivity index (χ0n) is 11.8. The van der Waals surface area contributed by atoms with E-state index in [-0.39, 0.29) is 11.9 Å². The summed E-state index contributed by atoms with van der Waals surface area (Å²) < 4.78 is 0. The van der Waals surface area contributed by atoms with Gasteiger partial charge in [0.25, 0.3) is 5.91 Å². The highest BCUT2D eigenvalue weighted by atomic mass is 35.5. The molecule has 0 aliphatic carbocycles. The molecule has 0 spiro atoms. The minimum Gasteiger partial charge on any atom is -0.378 e. The third-order valence-electron chi connectivity index (χ3n) is 3.21. The van der Waals surface area contributed by atoms with Gasteiger partial charge in [-0.05, 0) is 42.8 Å². The number of carbonyl (C=O) groups excluding carboxylic acids is 1. The van der Waals surface area contributed by atoms with Crippen LogP contribution < -0.4 is 10.6 Å². The zero-order valence-corrected chi connectivity index (χ0v) is 13.3. The Bertz CT molecular complexity index is 641. The maximum absolute atomic E-state index is 11.5. The van der Waals surface area contributed by atoms with Crippen molar-refractivity contribution in [3.05, 3.63) is 63.6 Å². The first-order valence-electron chi connectivity index (χ1n) is 6.55. The first-order valence-corrected chi connectivity index (χ1v) is 7.31. The van der Waals surface area contributed by atoms with Crippen LogP contribution in [-0.4, -0.2) is 13.0 Å². The second kappa shape index (κ2) is 6.83. The molecule has 2 rings (SSSR count). The van der Waals surface area contributed by atoms with E-state index in [0.717, 1.165) is 11.3 Å². The van der Waals surface area contributed by atoms with Crippen molar-refractivity contribution in [1.29, 1.82) is 0 Å². The van der Waals surface area contributed by atoms with Crippen molar-refractivity contribution in [3.8, 4) is 0 Å². The lowest BCUT2D eigenvalue weighted by Gasteiger charge is -2.17. The lowest BCUT2D eigenvalue weighted by molar-refractivity contribution is 0.0963. The van der Waals surface area contributed by atoms with Gasteiger partial charge in [0.15, 0.2) is 0 Å². The fourth-order valence-electron chi connectivity index (χ4n) is 2.04. The van der Waals surface area contributed by atoms with Crippen molar-refractivity contribution in [1.82, 2.24) is 5.32 Å². The quantitative estimate of drug-likeness (QED) is 0.868. The minimum absolute atomic E-state index is 0.00190. The predicted molar refractivity (Wildman–Crippen MR) is 88.3 cm³/mol. The summed E-state index contributed by atoms with van der Waals surface area (Å²) in [5, 5.41) is 7.02. The number of hydrogen-bond donors (Lipinski definition) is 2. The number of rotatable bonds is 4. The molecular formula is C16H16Cl2N2O. The normalized spacial score (nSPS) is 11.8. The molecule has 2 N–H and O–H groups in total. The van der Waals surface area contributed by atoms with E-state index in [1.165, 1.54) is 0 Å². The fourth-order valence-corrected chi connectivity index (χ4v) is 2.52. The van der Waals surface area contributed by atoms with Gasteiger partial charge in [-0.25, -0.2) is 0 Å². The van der Waals surface area contributed by atoms with Crippen LogP contribution in [0.5, 0.6) is 0 Å². The van der Waals surface area contributed by atoms with Gasteiger partial charge in [-0.3, -0.25) is 4.79 Å². The molecule has 3 nitrogen and oxygen atoms in total. The smallest absolute Gasteiger partial charge is 0.251 e. The van der Waals surface area contributed by atoms with Gasteiger partial charge >= 0.3 is 0 Å². The largest absolute Gasteiger partial charge is 0.378 e. The van der Waals surface area contributed by atoms with Crippen molar-refractivity contribution < 1.29 is 4.79 Å². The van der Waals surface area contributed by atoms with Gasteiger partial charge in [-0.1, -0.05) is 35.3 Å². The molecule has 2 aromatic rings. The van der Waals surface area contributed by atoms with Crippen LogP contribution in [0.25, 0.3) is 0 Å². The summed E-state index contributed by atoms with van der Waals surface area (Å²) in [5.74, 6) is -0.104. The van der Waals surface area contributed by atoms with Crippen molar-refractivity contribution >= 4 is 34.8 Å². The molecule has 0 bridgehead atoms. The van der Waals surface area contributed by atoms with Crippen LogP contribution in [0, 0.1) is 0 Å². The van der Waals surface area contributed by atoms with Crippen LogP contribution in [-0.2, 0) is 0 Å². The average molecular weight is 323 g/mol. The molecule has 0 radical (unpaired) electrons. The lowest BCUT2D eigenvalue weighted by atomic mass is 10.1. The van der Waals surface area contributed by atoms with Gasteiger partial charge in [0.1, 0.15) is 0 Å². The van der Waals surface area contributed by atoms with Gasteiger partial charge < -0.3 is 10.6 Å². The summed E-state index contributed by atoms with van der Waals surface area (Å²) in [5.41, 5.74) is 2.46. The summed E-state index contributed by atoms with van der Waals surface area (Å²) in [6.45, 7) is 2.00. The van der Waals surface area contributed by atoms with Crippen LogP contribution in [0.2, 0.25) is 10.0 Å². The average Bonchev–Trinajstić information content (AvgIpc) is 2.50. The minimum atomic E-state index is -0.104. The fraction of sp³-hybridized carbons (Fsp3) is 0.188. The molecule has 0 aliphatic heterocycles. The van der Waals surface area contributed by atoms with Gasteiger partial charge in [0.05, 0.1) is 16.1 Å². The highest BCUT2D eigenvalue weighted by molar-refractivity contribution is 6.42. The highest BCUT2D eigenvalue weighted by Gasteiger charge is 2.12. The Morgan fingerprint density at radius 3 is 2.38 bits per heavy atom. The Hall–Kier alpha value is -1.71. The Balaban J connectivity index is 2.14. The van der Waals surface area contributed by atoms with Gasteiger partial charge in [0, 0.05) is 18.3 Å². The molecule has 0 heterocycles. The van der Waals surface area contributed by atoms with E-state index in [4.69, 9.17) is 23.2 Å². The Morgan fingerprint density at radius 1 is 1.10 bits per heavy atom. The number of carbonyl (C=O) groups is 1. The van der Waals surface area contributed by atoms with E-state index in [0.29, 0.717) is 15.6 Å². The molecule has 0 aliphatic rings. The number of nitrogens with one attached hydrogen (secondary N) is 2. The molecule has 5 heteroatoms. The molecule has 1 unspecified atom stereocenters. The summed E-state index contributed by atoms with van der Waals surface area (Å²) >= 11 is 12.2. The summed E-state index contributed by atoms with van der Waals surface area (Å²) in [6, 6.07) is 12.8. The van der Waals surface area contributed by atoms with Crippen molar-refractivity contribution in [3.63, 3.8) is 0 Å². The first kappa shape index (κ1) is 15.7. The molecular weight excluding hydrogens is 307 g/mol. The number of benzene rings is 2. The molecule has 0 saturated carbocycles. The van der Waals surface area contributed by atoms with Gasteiger partial charge in [-0.15, -0.1) is 0 Å². The van der Waals surface area contributed by atoms with Crippen molar-refractivity contribution in [2.24, 2.45) is 0 Å². The maximum Gasteiger partial charge on any atom is 0.251 e. The monoisotopic (exact) mass is 322 g/mol. The van der Waals surface area contributed by atoms with E-state index in [9.17, 15) is 4.79 Å². The Kier molecular flexibility index (Phi) is 5.10. The molecule has 0 fully saturated rings. The molecule has 110 valence electrons. The molecule has 21 heavy (non-hydrogen) atoms. The topological polar surface area (TPSA) is 41.1 Å². The summed E-state index contributed by atoms with van der Waals surface area (Å²) in [6.07, 6.45) is 0. The molecule has 1 amide bonds. The first-order chi connectivity index (χ1) is 10.0. The third kappa shape index (κ3) is 3.69. The van der Waals surface area contributed by atoms with E-state index in [1.807, 2.05) is 31.2 Å². The maximum atomic E-state index is 11.5. The highest BCUT2D eigenvalue weighted by Crippen LogP contribution is 2.31.